The summed E-state index contributed by atoms with van der Waals surface area (Å²) in [5.41, 5.74) is 0. The maximum Gasteiger partial charge on any atom is 0.0558 e. The van der Waals surface area contributed by atoms with Gasteiger partial charge in [0.25, 0.3) is 0 Å². The van der Waals surface area contributed by atoms with E-state index in [-0.39, 0.29) is 0 Å². The van der Waals surface area contributed by atoms with Gasteiger partial charge in [0, 0.05) is 39.3 Å². The van der Waals surface area contributed by atoms with Gasteiger partial charge in [-0.05, 0) is 25.2 Å². The number of aliphatic hydroxyl groups excluding tert-OH is 1. The first-order valence-electron chi connectivity index (χ1n) is 6.59. The predicted octanol–water partition coefficient (Wildman–Crippen LogP) is 0.953. The molecule has 0 saturated carbocycles. The van der Waals surface area contributed by atoms with Gasteiger partial charge >= 0.3 is 0 Å². The summed E-state index contributed by atoms with van der Waals surface area (Å²) >= 11 is 0. The number of piperazine rings is 1. The third-order valence-corrected chi connectivity index (χ3v) is 3.78. The molecule has 0 radical (unpaired) electrons. The first-order valence-corrected chi connectivity index (χ1v) is 6.59. The molecule has 1 aliphatic heterocycles. The van der Waals surface area contributed by atoms with Crippen molar-refractivity contribution in [2.24, 2.45) is 5.92 Å². The van der Waals surface area contributed by atoms with Crippen LogP contribution < -0.4 is 0 Å². The van der Waals surface area contributed by atoms with Crippen molar-refractivity contribution in [2.75, 3.05) is 45.9 Å². The standard InChI is InChI=1S/C13H24N2O/c16-11-10-14-6-8-15(9-7-14)12-13-4-2-1-3-5-13/h1-2,13,16H,3-12H2. The fourth-order valence-corrected chi connectivity index (χ4v) is 2.72. The summed E-state index contributed by atoms with van der Waals surface area (Å²) in [5, 5.41) is 8.88. The molecule has 0 spiro atoms. The van der Waals surface area contributed by atoms with E-state index in [1.807, 2.05) is 0 Å². The van der Waals surface area contributed by atoms with Crippen molar-refractivity contribution in [3.05, 3.63) is 12.2 Å². The second-order valence-corrected chi connectivity index (χ2v) is 5.02. The van der Waals surface area contributed by atoms with Gasteiger partial charge in [-0.15, -0.1) is 0 Å². The lowest BCUT2D eigenvalue weighted by Gasteiger charge is -2.36. The van der Waals surface area contributed by atoms with Gasteiger partial charge in [0.05, 0.1) is 6.61 Å². The van der Waals surface area contributed by atoms with Crippen LogP contribution in [0.15, 0.2) is 12.2 Å². The number of β-amino-alcohol motifs (C(OH)–C–C–N with tert-alkyl or cyclic N) is 1. The Bertz CT molecular complexity index is 222. The molecule has 0 aromatic carbocycles. The molecule has 2 rings (SSSR count). The normalized spacial score (nSPS) is 28.4. The smallest absolute Gasteiger partial charge is 0.0558 e. The largest absolute Gasteiger partial charge is 0.395 e. The van der Waals surface area contributed by atoms with Crippen LogP contribution in [0.3, 0.4) is 0 Å². The van der Waals surface area contributed by atoms with Crippen LogP contribution in [0.25, 0.3) is 0 Å². The summed E-state index contributed by atoms with van der Waals surface area (Å²) in [4.78, 5) is 4.95. The zero-order valence-corrected chi connectivity index (χ0v) is 10.1. The zero-order chi connectivity index (χ0) is 11.2. The highest BCUT2D eigenvalue weighted by atomic mass is 16.3. The lowest BCUT2D eigenvalue weighted by atomic mass is 9.94. The Morgan fingerprint density at radius 3 is 2.44 bits per heavy atom. The second kappa shape index (κ2) is 6.38. The maximum absolute atomic E-state index is 8.88. The average molecular weight is 224 g/mol. The van der Waals surface area contributed by atoms with Crippen LogP contribution in [-0.4, -0.2) is 60.8 Å². The van der Waals surface area contributed by atoms with Crippen LogP contribution in [0.4, 0.5) is 0 Å². The first-order chi connectivity index (χ1) is 7.88. The number of rotatable bonds is 4. The van der Waals surface area contributed by atoms with E-state index in [2.05, 4.69) is 22.0 Å². The highest BCUT2D eigenvalue weighted by Crippen LogP contribution is 2.19. The molecule has 0 aromatic heterocycles. The van der Waals surface area contributed by atoms with E-state index in [0.29, 0.717) is 6.61 Å². The molecule has 1 N–H and O–H groups in total. The summed E-state index contributed by atoms with van der Waals surface area (Å²) in [6.07, 6.45) is 8.57. The molecule has 2 aliphatic rings. The molecular weight excluding hydrogens is 200 g/mol. The molecule has 1 atom stereocenters. The second-order valence-electron chi connectivity index (χ2n) is 5.02. The Morgan fingerprint density at radius 1 is 1.06 bits per heavy atom. The van der Waals surface area contributed by atoms with Gasteiger partial charge in [-0.25, -0.2) is 0 Å². The van der Waals surface area contributed by atoms with Crippen molar-refractivity contribution < 1.29 is 5.11 Å². The van der Waals surface area contributed by atoms with Crippen molar-refractivity contribution in [3.63, 3.8) is 0 Å². The molecule has 16 heavy (non-hydrogen) atoms. The van der Waals surface area contributed by atoms with E-state index >= 15 is 0 Å². The molecule has 1 heterocycles. The van der Waals surface area contributed by atoms with E-state index in [9.17, 15) is 0 Å². The monoisotopic (exact) mass is 224 g/mol. The third-order valence-electron chi connectivity index (χ3n) is 3.78. The van der Waals surface area contributed by atoms with E-state index in [1.54, 1.807) is 0 Å². The molecule has 0 bridgehead atoms. The van der Waals surface area contributed by atoms with Crippen LogP contribution in [0.5, 0.6) is 0 Å². The third kappa shape index (κ3) is 3.58. The topological polar surface area (TPSA) is 26.7 Å². The fraction of sp³-hybridized carbons (Fsp3) is 0.846. The van der Waals surface area contributed by atoms with Gasteiger partial charge in [0.2, 0.25) is 0 Å². The molecule has 3 nitrogen and oxygen atoms in total. The van der Waals surface area contributed by atoms with Crippen LogP contribution >= 0.6 is 0 Å². The van der Waals surface area contributed by atoms with E-state index in [1.165, 1.54) is 38.9 Å². The van der Waals surface area contributed by atoms with Gasteiger partial charge in [-0.1, -0.05) is 12.2 Å². The van der Waals surface area contributed by atoms with Gasteiger partial charge < -0.3 is 10.0 Å². The Labute approximate surface area is 98.7 Å². The summed E-state index contributed by atoms with van der Waals surface area (Å²) < 4.78 is 0. The zero-order valence-electron chi connectivity index (χ0n) is 10.1. The molecule has 3 heteroatoms. The van der Waals surface area contributed by atoms with Crippen molar-refractivity contribution in [3.8, 4) is 0 Å². The minimum Gasteiger partial charge on any atom is -0.395 e. The maximum atomic E-state index is 8.88. The van der Waals surface area contributed by atoms with E-state index in [4.69, 9.17) is 5.11 Å². The predicted molar refractivity (Wildman–Crippen MR) is 66.4 cm³/mol. The van der Waals surface area contributed by atoms with Gasteiger partial charge in [-0.3, -0.25) is 4.90 Å². The van der Waals surface area contributed by atoms with Crippen molar-refractivity contribution in [1.82, 2.24) is 9.80 Å². The van der Waals surface area contributed by atoms with Crippen molar-refractivity contribution in [2.45, 2.75) is 19.3 Å². The Morgan fingerprint density at radius 2 is 1.81 bits per heavy atom. The van der Waals surface area contributed by atoms with Crippen molar-refractivity contribution >= 4 is 0 Å². The highest BCUT2D eigenvalue weighted by molar-refractivity contribution is 4.91. The Balaban J connectivity index is 1.66. The number of allylic oxidation sites excluding steroid dienone is 2. The highest BCUT2D eigenvalue weighted by Gasteiger charge is 2.19. The lowest BCUT2D eigenvalue weighted by Crippen LogP contribution is -2.48. The molecule has 1 unspecified atom stereocenters. The summed E-state index contributed by atoms with van der Waals surface area (Å²) in [7, 11) is 0. The van der Waals surface area contributed by atoms with Crippen LogP contribution in [0, 0.1) is 5.92 Å². The van der Waals surface area contributed by atoms with Gasteiger partial charge in [-0.2, -0.15) is 0 Å². The number of hydrogen-bond acceptors (Lipinski definition) is 3. The number of hydrogen-bond donors (Lipinski definition) is 1. The van der Waals surface area contributed by atoms with Crippen LogP contribution in [0.2, 0.25) is 0 Å². The van der Waals surface area contributed by atoms with E-state index in [0.717, 1.165) is 25.6 Å². The lowest BCUT2D eigenvalue weighted by molar-refractivity contribution is 0.100. The molecule has 1 saturated heterocycles. The molecule has 92 valence electrons. The summed E-state index contributed by atoms with van der Waals surface area (Å²) in [5.74, 6) is 0.884. The Hall–Kier alpha value is -0.380. The average Bonchev–Trinajstić information content (AvgIpc) is 2.33. The van der Waals surface area contributed by atoms with Crippen molar-refractivity contribution in [1.29, 1.82) is 0 Å². The SMILES string of the molecule is OCCN1CCN(CC2CC=CCC2)CC1. The number of nitrogens with zero attached hydrogens (tertiary/aromatic N) is 2. The minimum absolute atomic E-state index is 0.299. The molecular formula is C13H24N2O. The quantitative estimate of drug-likeness (QED) is 0.720. The van der Waals surface area contributed by atoms with Gasteiger partial charge in [0.1, 0.15) is 0 Å². The first kappa shape index (κ1) is 12.1. The molecule has 1 aliphatic carbocycles. The Kier molecular flexibility index (Phi) is 4.82. The summed E-state index contributed by atoms with van der Waals surface area (Å²) in [6, 6.07) is 0. The van der Waals surface area contributed by atoms with Crippen LogP contribution in [-0.2, 0) is 0 Å². The summed E-state index contributed by atoms with van der Waals surface area (Å²) in [6.45, 7) is 7.04. The molecule has 0 amide bonds. The number of aliphatic hydroxyl groups is 1. The molecule has 1 fully saturated rings. The minimum atomic E-state index is 0.299. The molecule has 0 aromatic rings. The van der Waals surface area contributed by atoms with Gasteiger partial charge in [0.15, 0.2) is 0 Å². The van der Waals surface area contributed by atoms with Crippen LogP contribution in [0.1, 0.15) is 19.3 Å². The fourth-order valence-electron chi connectivity index (χ4n) is 2.72. The van der Waals surface area contributed by atoms with E-state index < -0.39 is 0 Å².